The normalized spacial score (nSPS) is 16.4. The lowest BCUT2D eigenvalue weighted by molar-refractivity contribution is 0.0188. The largest absolute Gasteiger partial charge is 0.397 e. The summed E-state index contributed by atoms with van der Waals surface area (Å²) in [6, 6.07) is 10.1. The van der Waals surface area contributed by atoms with E-state index in [-0.39, 0.29) is 6.10 Å². The van der Waals surface area contributed by atoms with Crippen LogP contribution >= 0.6 is 0 Å². The molecule has 3 rings (SSSR count). The number of nitrogens with two attached hydrogens (primary N) is 2. The molecule has 1 saturated heterocycles. The molecule has 1 unspecified atom stereocenters. The zero-order valence-corrected chi connectivity index (χ0v) is 20.4. The summed E-state index contributed by atoms with van der Waals surface area (Å²) in [5.41, 5.74) is 18.3. The lowest BCUT2D eigenvalue weighted by atomic mass is 10.1. The quantitative estimate of drug-likeness (QED) is 0.355. The summed E-state index contributed by atoms with van der Waals surface area (Å²) < 4.78 is 5.73. The number of hydrogen-bond donors (Lipinski definition) is 4. The predicted octanol–water partition coefficient (Wildman–Crippen LogP) is 2.77. The molecule has 2 aromatic rings. The molecule has 0 bridgehead atoms. The maximum atomic E-state index is 6.23. The van der Waals surface area contributed by atoms with Crippen molar-refractivity contribution in [2.45, 2.75) is 32.3 Å². The average Bonchev–Trinajstić information content (AvgIpc) is 2.84. The van der Waals surface area contributed by atoms with Crippen molar-refractivity contribution in [2.24, 2.45) is 11.5 Å². The van der Waals surface area contributed by atoms with E-state index in [0.717, 1.165) is 54.1 Å². The van der Waals surface area contributed by atoms with Gasteiger partial charge in [-0.2, -0.15) is 0 Å². The van der Waals surface area contributed by atoms with Crippen molar-refractivity contribution in [1.29, 1.82) is 0 Å². The van der Waals surface area contributed by atoms with Crippen LogP contribution in [0, 0.1) is 18.8 Å². The molecule has 1 atom stereocenters. The van der Waals surface area contributed by atoms with Crippen LogP contribution in [0.15, 0.2) is 48.9 Å². The number of ether oxygens (including phenoxy) is 1. The van der Waals surface area contributed by atoms with E-state index in [1.807, 2.05) is 57.6 Å². The average molecular weight is 461 g/mol. The van der Waals surface area contributed by atoms with Crippen molar-refractivity contribution >= 4 is 17.1 Å². The van der Waals surface area contributed by atoms with Gasteiger partial charge < -0.3 is 31.7 Å². The molecular formula is C27H36N6O. The molecule has 180 valence electrons. The highest BCUT2D eigenvalue weighted by Crippen LogP contribution is 2.16. The standard InChI is InChI=1S/C27H36N6O/c1-20-15-21(16-32-27(20)26(29)19-31-17-24-8-4-5-14-34-24)7-6-13-30-18-25(28)22-9-11-23(12-10-22)33(2)3/h9-12,15-16,18-19,24,30-31H,4-5,8,13-14,17,28-29H2,1-3H3/b25-18-,26-19-. The van der Waals surface area contributed by atoms with Crippen LogP contribution in [-0.4, -0.2) is 44.9 Å². The van der Waals surface area contributed by atoms with Crippen LogP contribution in [-0.2, 0) is 4.74 Å². The third kappa shape index (κ3) is 7.46. The molecular weight excluding hydrogens is 424 g/mol. The summed E-state index contributed by atoms with van der Waals surface area (Å²) in [7, 11) is 4.02. The van der Waals surface area contributed by atoms with Crippen molar-refractivity contribution in [1.82, 2.24) is 15.6 Å². The fourth-order valence-corrected chi connectivity index (χ4v) is 3.68. The van der Waals surface area contributed by atoms with Gasteiger partial charge in [0.15, 0.2) is 0 Å². The Morgan fingerprint density at radius 2 is 1.91 bits per heavy atom. The molecule has 1 aliphatic rings. The lowest BCUT2D eigenvalue weighted by Gasteiger charge is -2.22. The Kier molecular flexibility index (Phi) is 9.24. The summed E-state index contributed by atoms with van der Waals surface area (Å²) in [6.45, 7) is 4.07. The fourth-order valence-electron chi connectivity index (χ4n) is 3.68. The van der Waals surface area contributed by atoms with E-state index in [2.05, 4.69) is 32.4 Å². The minimum atomic E-state index is 0.256. The van der Waals surface area contributed by atoms with Crippen molar-refractivity contribution in [3.05, 3.63) is 71.3 Å². The van der Waals surface area contributed by atoms with E-state index in [9.17, 15) is 0 Å². The first-order valence-electron chi connectivity index (χ1n) is 11.7. The molecule has 0 saturated carbocycles. The maximum Gasteiger partial charge on any atom is 0.0903 e. The van der Waals surface area contributed by atoms with E-state index < -0.39 is 0 Å². The van der Waals surface area contributed by atoms with Crippen LogP contribution in [0.1, 0.15) is 41.6 Å². The van der Waals surface area contributed by atoms with Gasteiger partial charge in [0.05, 0.1) is 29.7 Å². The van der Waals surface area contributed by atoms with E-state index in [1.165, 1.54) is 6.42 Å². The third-order valence-electron chi connectivity index (χ3n) is 5.63. The molecule has 1 aromatic carbocycles. The van der Waals surface area contributed by atoms with Gasteiger partial charge in [0, 0.05) is 57.1 Å². The number of aromatic nitrogens is 1. The summed E-state index contributed by atoms with van der Waals surface area (Å²) >= 11 is 0. The maximum absolute atomic E-state index is 6.23. The lowest BCUT2D eigenvalue weighted by Crippen LogP contribution is -2.29. The van der Waals surface area contributed by atoms with Gasteiger partial charge in [-0.1, -0.05) is 24.0 Å². The van der Waals surface area contributed by atoms with Gasteiger partial charge in [0.1, 0.15) is 0 Å². The number of nitrogens with one attached hydrogen (secondary N) is 2. The van der Waals surface area contributed by atoms with E-state index in [1.54, 1.807) is 12.4 Å². The highest BCUT2D eigenvalue weighted by atomic mass is 16.5. The SMILES string of the molecule is Cc1cc(C#CCN/C=C(\N)c2ccc(N(C)C)cc2)cnc1/C(N)=C/NCC1CCCCO1. The second kappa shape index (κ2) is 12.6. The molecule has 7 nitrogen and oxygen atoms in total. The summed E-state index contributed by atoms with van der Waals surface area (Å²) in [5, 5.41) is 6.41. The van der Waals surface area contributed by atoms with Crippen molar-refractivity contribution in [3.8, 4) is 11.8 Å². The van der Waals surface area contributed by atoms with Crippen LogP contribution in [0.5, 0.6) is 0 Å². The molecule has 0 amide bonds. The molecule has 1 aliphatic heterocycles. The number of hydrogen-bond acceptors (Lipinski definition) is 7. The van der Waals surface area contributed by atoms with Gasteiger partial charge in [-0.05, 0) is 55.5 Å². The third-order valence-corrected chi connectivity index (χ3v) is 5.63. The molecule has 34 heavy (non-hydrogen) atoms. The first-order valence-corrected chi connectivity index (χ1v) is 11.7. The Labute approximate surface area is 203 Å². The zero-order valence-electron chi connectivity index (χ0n) is 20.4. The number of benzene rings is 1. The topological polar surface area (TPSA) is 101 Å². The van der Waals surface area contributed by atoms with Crippen LogP contribution in [0.2, 0.25) is 0 Å². The van der Waals surface area contributed by atoms with Crippen LogP contribution < -0.4 is 27.0 Å². The van der Waals surface area contributed by atoms with Crippen molar-refractivity contribution in [2.75, 3.05) is 38.7 Å². The van der Waals surface area contributed by atoms with Crippen molar-refractivity contribution in [3.63, 3.8) is 0 Å². The molecule has 2 heterocycles. The van der Waals surface area contributed by atoms with Crippen LogP contribution in [0.3, 0.4) is 0 Å². The Morgan fingerprint density at radius 3 is 2.59 bits per heavy atom. The van der Waals surface area contributed by atoms with Gasteiger partial charge in [0.2, 0.25) is 0 Å². The van der Waals surface area contributed by atoms with E-state index >= 15 is 0 Å². The molecule has 0 aliphatic carbocycles. The Hall–Kier alpha value is -3.63. The number of aryl methyl sites for hydroxylation is 1. The molecule has 1 aromatic heterocycles. The summed E-state index contributed by atoms with van der Waals surface area (Å²) in [6.07, 6.45) is 9.06. The number of rotatable bonds is 8. The van der Waals surface area contributed by atoms with Crippen molar-refractivity contribution < 1.29 is 4.74 Å². The Balaban J connectivity index is 1.49. The summed E-state index contributed by atoms with van der Waals surface area (Å²) in [5.74, 6) is 6.23. The predicted molar refractivity (Wildman–Crippen MR) is 141 cm³/mol. The molecule has 6 N–H and O–H groups in total. The Bertz CT molecular complexity index is 1060. The van der Waals surface area contributed by atoms with Gasteiger partial charge in [-0.3, -0.25) is 4.98 Å². The highest BCUT2D eigenvalue weighted by Gasteiger charge is 2.12. The molecule has 0 spiro atoms. The highest BCUT2D eigenvalue weighted by molar-refractivity contribution is 5.65. The first kappa shape index (κ1) is 25.0. The van der Waals surface area contributed by atoms with Crippen LogP contribution in [0.25, 0.3) is 11.4 Å². The van der Waals surface area contributed by atoms with Gasteiger partial charge in [-0.25, -0.2) is 0 Å². The molecule has 7 heteroatoms. The number of nitrogens with zero attached hydrogens (tertiary/aromatic N) is 2. The number of pyridine rings is 1. The minimum Gasteiger partial charge on any atom is -0.397 e. The van der Waals surface area contributed by atoms with Gasteiger partial charge >= 0.3 is 0 Å². The Morgan fingerprint density at radius 1 is 1.15 bits per heavy atom. The van der Waals surface area contributed by atoms with Crippen LogP contribution in [0.4, 0.5) is 5.69 Å². The van der Waals surface area contributed by atoms with Gasteiger partial charge in [-0.15, -0.1) is 0 Å². The zero-order chi connectivity index (χ0) is 24.3. The minimum absolute atomic E-state index is 0.256. The second-order valence-corrected chi connectivity index (χ2v) is 8.61. The first-order chi connectivity index (χ1) is 16.4. The molecule has 1 fully saturated rings. The monoisotopic (exact) mass is 460 g/mol. The fraction of sp³-hybridized carbons (Fsp3) is 0.370. The van der Waals surface area contributed by atoms with E-state index in [4.69, 9.17) is 16.2 Å². The smallest absolute Gasteiger partial charge is 0.0903 e. The second-order valence-electron chi connectivity index (χ2n) is 8.61. The molecule has 0 radical (unpaired) electrons. The van der Waals surface area contributed by atoms with Gasteiger partial charge in [0.25, 0.3) is 0 Å². The number of anilines is 1. The summed E-state index contributed by atoms with van der Waals surface area (Å²) in [4.78, 5) is 6.56. The van der Waals surface area contributed by atoms with E-state index in [0.29, 0.717) is 17.9 Å².